The molecule has 20 heavy (non-hydrogen) atoms. The lowest BCUT2D eigenvalue weighted by atomic mass is 10.1. The predicted molar refractivity (Wildman–Crippen MR) is 78.5 cm³/mol. The lowest BCUT2D eigenvalue weighted by Crippen LogP contribution is -2.31. The van der Waals surface area contributed by atoms with Crippen molar-refractivity contribution in [3.63, 3.8) is 0 Å². The first-order chi connectivity index (χ1) is 9.56. The molecule has 1 heterocycles. The van der Waals surface area contributed by atoms with Crippen LogP contribution in [0.15, 0.2) is 24.3 Å². The smallest absolute Gasteiger partial charge is 0.162 e. The lowest BCUT2D eigenvalue weighted by molar-refractivity contribution is 0.0975. The van der Waals surface area contributed by atoms with E-state index < -0.39 is 0 Å². The van der Waals surface area contributed by atoms with Crippen LogP contribution in [0.1, 0.15) is 29.6 Å². The summed E-state index contributed by atoms with van der Waals surface area (Å²) in [4.78, 5) is 16.6. The van der Waals surface area contributed by atoms with E-state index in [0.29, 0.717) is 18.0 Å². The van der Waals surface area contributed by atoms with Crippen LogP contribution in [0.2, 0.25) is 0 Å². The Balaban J connectivity index is 1.71. The molecule has 4 heteroatoms. The van der Waals surface area contributed by atoms with Crippen LogP contribution < -0.4 is 0 Å². The van der Waals surface area contributed by atoms with Gasteiger partial charge in [-0.15, -0.1) is 0 Å². The minimum Gasteiger partial charge on any atom is -0.305 e. The molecule has 2 rings (SSSR count). The van der Waals surface area contributed by atoms with Gasteiger partial charge in [-0.3, -0.25) is 4.79 Å². The fourth-order valence-corrected chi connectivity index (χ4v) is 2.68. The minimum atomic E-state index is -0.298. The van der Waals surface area contributed by atoms with E-state index in [1.807, 2.05) is 0 Å². The molecule has 0 aliphatic carbocycles. The van der Waals surface area contributed by atoms with Crippen LogP contribution in [0.4, 0.5) is 4.39 Å². The first-order valence-electron chi connectivity index (χ1n) is 7.24. The van der Waals surface area contributed by atoms with Crippen molar-refractivity contribution in [3.8, 4) is 0 Å². The normalized spacial score (nSPS) is 19.7. The molecule has 0 spiro atoms. The van der Waals surface area contributed by atoms with E-state index >= 15 is 0 Å². The lowest BCUT2D eigenvalue weighted by Gasteiger charge is -2.20. The van der Waals surface area contributed by atoms with Crippen molar-refractivity contribution in [2.24, 2.45) is 0 Å². The Morgan fingerprint density at radius 3 is 2.65 bits per heavy atom. The van der Waals surface area contributed by atoms with Crippen LogP contribution in [-0.4, -0.2) is 55.4 Å². The average Bonchev–Trinajstić information content (AvgIpc) is 2.88. The number of hydrogen-bond acceptors (Lipinski definition) is 3. The van der Waals surface area contributed by atoms with Crippen molar-refractivity contribution in [1.82, 2.24) is 9.80 Å². The van der Waals surface area contributed by atoms with E-state index in [2.05, 4.69) is 23.9 Å². The number of likely N-dealkylation sites (N-methyl/N-ethyl adjacent to an activating group) is 1. The molecular formula is C16H23FN2O. The fraction of sp³-hybridized carbons (Fsp3) is 0.562. The van der Waals surface area contributed by atoms with Gasteiger partial charge >= 0.3 is 0 Å². The number of nitrogens with zero attached hydrogens (tertiary/aromatic N) is 2. The maximum atomic E-state index is 12.8. The zero-order chi connectivity index (χ0) is 14.5. The van der Waals surface area contributed by atoms with E-state index in [-0.39, 0.29) is 11.6 Å². The molecule has 0 bridgehead atoms. The van der Waals surface area contributed by atoms with Crippen LogP contribution in [0.3, 0.4) is 0 Å². The van der Waals surface area contributed by atoms with Gasteiger partial charge in [-0.1, -0.05) is 0 Å². The maximum Gasteiger partial charge on any atom is 0.162 e. The van der Waals surface area contributed by atoms with Crippen LogP contribution in [0.25, 0.3) is 0 Å². The highest BCUT2D eigenvalue weighted by Gasteiger charge is 2.23. The van der Waals surface area contributed by atoms with Crippen molar-refractivity contribution in [1.29, 1.82) is 0 Å². The van der Waals surface area contributed by atoms with E-state index in [0.717, 1.165) is 26.1 Å². The molecule has 1 fully saturated rings. The summed E-state index contributed by atoms with van der Waals surface area (Å²) in [6.07, 6.45) is 2.62. The molecule has 1 atom stereocenters. The molecular weight excluding hydrogens is 255 g/mol. The van der Waals surface area contributed by atoms with Gasteiger partial charge in [0.25, 0.3) is 0 Å². The van der Waals surface area contributed by atoms with Crippen LogP contribution in [0, 0.1) is 5.82 Å². The van der Waals surface area contributed by atoms with Gasteiger partial charge in [0.2, 0.25) is 0 Å². The second kappa shape index (κ2) is 6.95. The Hall–Kier alpha value is -1.26. The Morgan fingerprint density at radius 2 is 2.05 bits per heavy atom. The molecule has 0 aromatic heterocycles. The number of likely N-dealkylation sites (tertiary alicyclic amines) is 1. The summed E-state index contributed by atoms with van der Waals surface area (Å²) in [6, 6.07) is 6.46. The van der Waals surface area contributed by atoms with Gasteiger partial charge in [0.1, 0.15) is 5.82 Å². The monoisotopic (exact) mass is 278 g/mol. The molecule has 1 unspecified atom stereocenters. The summed E-state index contributed by atoms with van der Waals surface area (Å²) in [5.41, 5.74) is 0.610. The number of carbonyl (C=O) groups is 1. The van der Waals surface area contributed by atoms with Crippen molar-refractivity contribution in [2.75, 3.05) is 33.7 Å². The van der Waals surface area contributed by atoms with Crippen molar-refractivity contribution in [2.45, 2.75) is 25.3 Å². The zero-order valence-electron chi connectivity index (χ0n) is 12.3. The third-order valence-electron chi connectivity index (χ3n) is 4.02. The number of rotatable bonds is 6. The molecule has 1 aromatic carbocycles. The molecule has 0 amide bonds. The Labute approximate surface area is 120 Å². The quantitative estimate of drug-likeness (QED) is 0.747. The summed E-state index contributed by atoms with van der Waals surface area (Å²) in [7, 11) is 4.23. The van der Waals surface area contributed by atoms with Gasteiger partial charge in [0.15, 0.2) is 5.78 Å². The molecule has 1 aromatic rings. The zero-order valence-corrected chi connectivity index (χ0v) is 12.3. The van der Waals surface area contributed by atoms with Crippen LogP contribution >= 0.6 is 0 Å². The van der Waals surface area contributed by atoms with Gasteiger partial charge in [-0.25, -0.2) is 4.39 Å². The number of Topliss-reactive ketones (excluding diaryl/α,β-unsaturated/α-hetero) is 1. The molecule has 3 nitrogen and oxygen atoms in total. The van der Waals surface area contributed by atoms with Crippen molar-refractivity contribution in [3.05, 3.63) is 35.6 Å². The molecule has 1 saturated heterocycles. The fourth-order valence-electron chi connectivity index (χ4n) is 2.68. The summed E-state index contributed by atoms with van der Waals surface area (Å²) in [6.45, 7) is 3.18. The summed E-state index contributed by atoms with van der Waals surface area (Å²) in [5, 5.41) is 0. The molecule has 110 valence electrons. The summed E-state index contributed by atoms with van der Waals surface area (Å²) < 4.78 is 12.8. The number of halogens is 1. The summed E-state index contributed by atoms with van der Waals surface area (Å²) in [5.74, 6) is -0.193. The largest absolute Gasteiger partial charge is 0.305 e. The Kier molecular flexibility index (Phi) is 5.26. The molecule has 1 aliphatic heterocycles. The maximum absolute atomic E-state index is 12.8. The highest BCUT2D eigenvalue weighted by molar-refractivity contribution is 5.95. The van der Waals surface area contributed by atoms with Gasteiger partial charge in [-0.2, -0.15) is 0 Å². The molecule has 0 saturated carbocycles. The minimum absolute atomic E-state index is 0.105. The predicted octanol–water partition coefficient (Wildman–Crippen LogP) is 2.42. The van der Waals surface area contributed by atoms with Crippen molar-refractivity contribution < 1.29 is 9.18 Å². The molecule has 0 radical (unpaired) electrons. The van der Waals surface area contributed by atoms with Gasteiger partial charge in [0.05, 0.1) is 0 Å². The topological polar surface area (TPSA) is 23.6 Å². The second-order valence-corrected chi connectivity index (χ2v) is 5.74. The SMILES string of the molecule is CN(C)C1CCN(CCCC(=O)c2ccc(F)cc2)C1. The third-order valence-corrected chi connectivity index (χ3v) is 4.02. The van der Waals surface area contributed by atoms with E-state index in [9.17, 15) is 9.18 Å². The van der Waals surface area contributed by atoms with Crippen LogP contribution in [-0.2, 0) is 0 Å². The van der Waals surface area contributed by atoms with Gasteiger partial charge in [0, 0.05) is 24.6 Å². The first kappa shape index (κ1) is 15.1. The summed E-state index contributed by atoms with van der Waals surface area (Å²) >= 11 is 0. The first-order valence-corrected chi connectivity index (χ1v) is 7.24. The standard InChI is InChI=1S/C16H23FN2O/c1-18(2)15-9-11-19(12-15)10-3-4-16(20)13-5-7-14(17)8-6-13/h5-8,15H,3-4,9-12H2,1-2H3. The number of ketones is 1. The van der Waals surface area contributed by atoms with Crippen LogP contribution in [0.5, 0.6) is 0 Å². The number of carbonyl (C=O) groups excluding carboxylic acids is 1. The number of hydrogen-bond donors (Lipinski definition) is 0. The molecule has 1 aliphatic rings. The van der Waals surface area contributed by atoms with Gasteiger partial charge in [-0.05, 0) is 64.3 Å². The molecule has 0 N–H and O–H groups in total. The van der Waals surface area contributed by atoms with Crippen molar-refractivity contribution >= 4 is 5.78 Å². The highest BCUT2D eigenvalue weighted by atomic mass is 19.1. The third kappa shape index (κ3) is 4.12. The van der Waals surface area contributed by atoms with E-state index in [4.69, 9.17) is 0 Å². The number of benzene rings is 1. The van der Waals surface area contributed by atoms with E-state index in [1.165, 1.54) is 18.6 Å². The average molecular weight is 278 g/mol. The van der Waals surface area contributed by atoms with Gasteiger partial charge < -0.3 is 9.80 Å². The van der Waals surface area contributed by atoms with E-state index in [1.54, 1.807) is 12.1 Å². The second-order valence-electron chi connectivity index (χ2n) is 5.74. The Morgan fingerprint density at radius 1 is 1.35 bits per heavy atom. The highest BCUT2D eigenvalue weighted by Crippen LogP contribution is 2.14. The Bertz CT molecular complexity index is 444.